The lowest BCUT2D eigenvalue weighted by atomic mass is 9.90. The predicted molar refractivity (Wildman–Crippen MR) is 89.2 cm³/mol. The second-order valence-electron chi connectivity index (χ2n) is 7.30. The largest absolute Gasteiger partial charge is 0.371 e. The summed E-state index contributed by atoms with van der Waals surface area (Å²) in [4.78, 5) is 22.6. The Labute approximate surface area is 133 Å². The zero-order chi connectivity index (χ0) is 16.5. The molecule has 0 aliphatic carbocycles. The highest BCUT2D eigenvalue weighted by molar-refractivity contribution is 6.83. The fourth-order valence-corrected chi connectivity index (χ4v) is 2.94. The Kier molecular flexibility index (Phi) is 4.41. The highest BCUT2D eigenvalue weighted by atomic mass is 28.3. The van der Waals surface area contributed by atoms with Gasteiger partial charge in [0.15, 0.2) is 0 Å². The van der Waals surface area contributed by atoms with Gasteiger partial charge in [0, 0.05) is 31.5 Å². The van der Waals surface area contributed by atoms with Gasteiger partial charge in [-0.2, -0.15) is 0 Å². The van der Waals surface area contributed by atoms with Crippen LogP contribution in [0.4, 0.5) is 5.95 Å². The van der Waals surface area contributed by atoms with Crippen molar-refractivity contribution in [3.63, 3.8) is 0 Å². The maximum absolute atomic E-state index is 12.4. The molecule has 0 N–H and O–H groups in total. The van der Waals surface area contributed by atoms with Crippen molar-refractivity contribution in [3.05, 3.63) is 18.0 Å². The first-order chi connectivity index (χ1) is 10.1. The third kappa shape index (κ3) is 3.54. The van der Waals surface area contributed by atoms with E-state index in [1.54, 1.807) is 24.4 Å². The minimum absolute atomic E-state index is 0.0894. The van der Waals surface area contributed by atoms with E-state index in [1.165, 1.54) is 0 Å². The van der Waals surface area contributed by atoms with Crippen LogP contribution in [0.15, 0.2) is 12.4 Å². The Balaban J connectivity index is 2.21. The van der Waals surface area contributed by atoms with E-state index in [1.807, 2.05) is 13.8 Å². The summed E-state index contributed by atoms with van der Waals surface area (Å²) in [7, 11) is 0.138. The number of ether oxygens (including phenoxy) is 1. The smallest absolute Gasteiger partial charge is 0.259 e. The minimum Gasteiger partial charge on any atom is -0.371 e. The van der Waals surface area contributed by atoms with Crippen molar-refractivity contribution in [2.75, 3.05) is 18.6 Å². The van der Waals surface area contributed by atoms with Crippen LogP contribution < -0.4 is 4.90 Å². The van der Waals surface area contributed by atoms with Gasteiger partial charge >= 0.3 is 0 Å². The summed E-state index contributed by atoms with van der Waals surface area (Å²) in [6.45, 7) is 11.1. The Bertz CT molecular complexity index is 624. The van der Waals surface area contributed by atoms with Crippen molar-refractivity contribution in [2.45, 2.75) is 39.6 Å². The number of methoxy groups -OCH3 is 1. The molecule has 1 saturated heterocycles. The molecule has 2 rings (SSSR count). The summed E-state index contributed by atoms with van der Waals surface area (Å²) in [6, 6.07) is 0. The van der Waals surface area contributed by atoms with Crippen molar-refractivity contribution >= 4 is 19.9 Å². The van der Waals surface area contributed by atoms with Crippen LogP contribution in [0.3, 0.4) is 0 Å². The summed E-state index contributed by atoms with van der Waals surface area (Å²) < 4.78 is 5.33. The highest BCUT2D eigenvalue weighted by Gasteiger charge is 2.47. The van der Waals surface area contributed by atoms with E-state index in [4.69, 9.17) is 4.74 Å². The molecule has 22 heavy (non-hydrogen) atoms. The second-order valence-corrected chi connectivity index (χ2v) is 12.1. The molecule has 118 valence electrons. The van der Waals surface area contributed by atoms with Crippen LogP contribution in [0.1, 0.15) is 19.4 Å². The zero-order valence-electron chi connectivity index (χ0n) is 14.1. The first-order valence-electron chi connectivity index (χ1n) is 7.33. The Morgan fingerprint density at radius 2 is 1.91 bits per heavy atom. The number of aromatic nitrogens is 2. The average molecular weight is 317 g/mol. The summed E-state index contributed by atoms with van der Waals surface area (Å²) >= 11 is 0. The number of amides is 1. The molecule has 5 nitrogen and oxygen atoms in total. The van der Waals surface area contributed by atoms with Crippen LogP contribution in [0.5, 0.6) is 0 Å². The number of rotatable bonds is 2. The van der Waals surface area contributed by atoms with E-state index >= 15 is 0 Å². The molecular weight excluding hydrogens is 294 g/mol. The van der Waals surface area contributed by atoms with Crippen LogP contribution in [0.25, 0.3) is 0 Å². The normalized spacial score (nSPS) is 20.7. The van der Waals surface area contributed by atoms with E-state index in [-0.39, 0.29) is 11.3 Å². The van der Waals surface area contributed by atoms with Crippen molar-refractivity contribution in [1.29, 1.82) is 0 Å². The lowest BCUT2D eigenvalue weighted by molar-refractivity contribution is -0.128. The van der Waals surface area contributed by atoms with E-state index in [2.05, 4.69) is 41.1 Å². The van der Waals surface area contributed by atoms with Gasteiger partial charge in [0.05, 0.1) is 5.56 Å². The number of hydrogen-bond acceptors (Lipinski definition) is 4. The lowest BCUT2D eigenvalue weighted by Crippen LogP contribution is -2.33. The monoisotopic (exact) mass is 317 g/mol. The molecule has 0 spiro atoms. The molecule has 1 aromatic rings. The fourth-order valence-electron chi connectivity index (χ4n) is 2.42. The average Bonchev–Trinajstić information content (AvgIpc) is 2.66. The van der Waals surface area contributed by atoms with Gasteiger partial charge in [-0.1, -0.05) is 39.4 Å². The molecule has 2 heterocycles. The first-order valence-corrected chi connectivity index (χ1v) is 10.8. The molecule has 0 saturated carbocycles. The molecule has 1 aliphatic heterocycles. The van der Waals surface area contributed by atoms with Crippen LogP contribution in [-0.4, -0.2) is 43.7 Å². The molecule has 0 aromatic carbocycles. The maximum atomic E-state index is 12.4. The third-order valence-corrected chi connectivity index (χ3v) is 4.34. The van der Waals surface area contributed by atoms with Gasteiger partial charge in [0.25, 0.3) is 5.91 Å². The summed E-state index contributed by atoms with van der Waals surface area (Å²) in [5, 5.41) is 0. The van der Waals surface area contributed by atoms with Crippen LogP contribution >= 0.6 is 0 Å². The zero-order valence-corrected chi connectivity index (χ0v) is 15.1. The van der Waals surface area contributed by atoms with E-state index < -0.39 is 14.2 Å². The molecule has 1 fully saturated rings. The van der Waals surface area contributed by atoms with Gasteiger partial charge < -0.3 is 4.74 Å². The first kappa shape index (κ1) is 16.7. The molecule has 1 amide bonds. The van der Waals surface area contributed by atoms with E-state index in [9.17, 15) is 4.79 Å². The van der Waals surface area contributed by atoms with Crippen molar-refractivity contribution < 1.29 is 9.53 Å². The second kappa shape index (κ2) is 5.82. The Morgan fingerprint density at radius 3 is 2.36 bits per heavy atom. The van der Waals surface area contributed by atoms with Crippen LogP contribution in [0, 0.1) is 16.9 Å². The van der Waals surface area contributed by atoms with Crippen molar-refractivity contribution in [1.82, 2.24) is 9.97 Å². The van der Waals surface area contributed by atoms with Gasteiger partial charge in [0.2, 0.25) is 5.95 Å². The van der Waals surface area contributed by atoms with E-state index in [0.29, 0.717) is 12.5 Å². The SMILES string of the molecule is CO[C@@H]1C(=O)N(c2ncc(C#C[Si](C)(C)C)cn2)CC1(C)C. The van der Waals surface area contributed by atoms with Crippen LogP contribution in [-0.2, 0) is 9.53 Å². The van der Waals surface area contributed by atoms with Crippen molar-refractivity contribution in [3.8, 4) is 11.5 Å². The minimum atomic E-state index is -1.42. The number of carbonyl (C=O) groups is 1. The molecule has 0 unspecified atom stereocenters. The van der Waals surface area contributed by atoms with Gasteiger partial charge in [-0.15, -0.1) is 5.54 Å². The molecule has 1 aromatic heterocycles. The van der Waals surface area contributed by atoms with Gasteiger partial charge in [-0.25, -0.2) is 9.97 Å². The van der Waals surface area contributed by atoms with Gasteiger partial charge in [-0.05, 0) is 0 Å². The summed E-state index contributed by atoms with van der Waals surface area (Å²) in [5.41, 5.74) is 3.79. The molecule has 1 aliphatic rings. The predicted octanol–water partition coefficient (Wildman–Crippen LogP) is 2.09. The summed E-state index contributed by atoms with van der Waals surface area (Å²) in [5.74, 6) is 3.43. The maximum Gasteiger partial charge on any atom is 0.259 e. The Morgan fingerprint density at radius 1 is 1.32 bits per heavy atom. The third-order valence-electron chi connectivity index (χ3n) is 3.46. The number of nitrogens with zero attached hydrogens (tertiary/aromatic N) is 3. The molecular formula is C16H23N3O2Si. The number of hydrogen-bond donors (Lipinski definition) is 0. The quantitative estimate of drug-likeness (QED) is 0.619. The lowest BCUT2D eigenvalue weighted by Gasteiger charge is -2.21. The fraction of sp³-hybridized carbons (Fsp3) is 0.562. The molecule has 0 bridgehead atoms. The van der Waals surface area contributed by atoms with Gasteiger partial charge in [-0.3, -0.25) is 9.69 Å². The summed E-state index contributed by atoms with van der Waals surface area (Å²) in [6.07, 6.45) is 2.90. The molecule has 0 radical (unpaired) electrons. The van der Waals surface area contributed by atoms with E-state index in [0.717, 1.165) is 5.56 Å². The number of anilines is 1. The van der Waals surface area contributed by atoms with Crippen LogP contribution in [0.2, 0.25) is 19.6 Å². The standard InChI is InChI=1S/C16H23N3O2Si/c1-16(2)11-19(14(20)13(16)21-3)15-17-9-12(10-18-15)7-8-22(4,5)6/h9-10,13H,11H2,1-6H3/t13-/m1/s1. The van der Waals surface area contributed by atoms with Crippen molar-refractivity contribution in [2.24, 2.45) is 5.41 Å². The van der Waals surface area contributed by atoms with Gasteiger partial charge in [0.1, 0.15) is 14.2 Å². The molecule has 6 heteroatoms. The number of carbonyl (C=O) groups excluding carboxylic acids is 1. The molecule has 1 atom stereocenters. The Hall–Kier alpha value is -1.71. The highest BCUT2D eigenvalue weighted by Crippen LogP contribution is 2.34. The topological polar surface area (TPSA) is 55.3 Å².